The Morgan fingerprint density at radius 2 is 1.93 bits per heavy atom. The number of thiophene rings is 1. The van der Waals surface area contributed by atoms with E-state index in [9.17, 15) is 13.6 Å². The molecule has 1 N–H and O–H groups in total. The van der Waals surface area contributed by atoms with Crippen molar-refractivity contribution in [1.29, 1.82) is 0 Å². The van der Waals surface area contributed by atoms with Gasteiger partial charge in [0.05, 0.1) is 6.67 Å². The van der Waals surface area contributed by atoms with Crippen LogP contribution in [0.2, 0.25) is 5.02 Å². The summed E-state index contributed by atoms with van der Waals surface area (Å²) in [4.78, 5) is 14.8. The van der Waals surface area contributed by atoms with Crippen LogP contribution >= 0.6 is 22.9 Å². The number of carbonyl (C=O) groups excluding carboxylic acids is 1. The normalized spacial score (nSPS) is 22.7. The first-order valence-corrected chi connectivity index (χ1v) is 11.4. The predicted molar refractivity (Wildman–Crippen MR) is 105 cm³/mol. The lowest BCUT2D eigenvalue weighted by Gasteiger charge is -2.42. The highest BCUT2D eigenvalue weighted by Crippen LogP contribution is 2.37. The second-order valence-corrected chi connectivity index (χ2v) is 10.4. The number of sulfonamides is 1. The molecule has 1 amide bonds. The van der Waals surface area contributed by atoms with Gasteiger partial charge in [0.1, 0.15) is 5.54 Å². The first kappa shape index (κ1) is 19.0. The van der Waals surface area contributed by atoms with Gasteiger partial charge in [-0.1, -0.05) is 39.3 Å². The topological polar surface area (TPSA) is 75.7 Å². The number of benzene rings is 1. The molecule has 0 saturated carbocycles. The summed E-state index contributed by atoms with van der Waals surface area (Å²) in [6.07, 6.45) is 0.966. The summed E-state index contributed by atoms with van der Waals surface area (Å²) in [5.41, 5.74) is 0.421. The fourth-order valence-corrected chi connectivity index (χ4v) is 6.53. The highest BCUT2D eigenvalue weighted by Gasteiger charge is 2.52. The Balaban J connectivity index is 1.50. The number of amides is 1. The van der Waals surface area contributed by atoms with E-state index in [4.69, 9.17) is 11.6 Å². The average Bonchev–Trinajstić information content (AvgIpc) is 3.30. The van der Waals surface area contributed by atoms with E-state index in [0.29, 0.717) is 48.4 Å². The maximum atomic E-state index is 12.7. The molecule has 4 rings (SSSR count). The first-order valence-electron chi connectivity index (χ1n) is 8.73. The third kappa shape index (κ3) is 3.46. The van der Waals surface area contributed by atoms with Gasteiger partial charge in [-0.2, -0.15) is 0 Å². The van der Waals surface area contributed by atoms with Gasteiger partial charge in [0.2, 0.25) is 10.1 Å². The molecule has 144 valence electrons. The molecule has 2 fully saturated rings. The molecule has 0 radical (unpaired) electrons. The number of piperidine rings is 1. The fraction of sp³-hybridized carbons (Fsp3) is 0.389. The van der Waals surface area contributed by atoms with Crippen LogP contribution in [-0.4, -0.2) is 45.0 Å². The van der Waals surface area contributed by atoms with Gasteiger partial charge in [-0.15, -0.1) is 4.31 Å². The zero-order chi connectivity index (χ0) is 19.1. The lowest BCUT2D eigenvalue weighted by Crippen LogP contribution is -2.57. The molecular weight excluding hydrogens is 406 g/mol. The maximum Gasteiger partial charge on any atom is 0.241 e. The molecule has 1 aromatic heterocycles. The minimum absolute atomic E-state index is 0.00960. The van der Waals surface area contributed by atoms with Crippen LogP contribution in [0.4, 0.5) is 0 Å². The van der Waals surface area contributed by atoms with Crippen LogP contribution in [-0.2, 0) is 25.9 Å². The van der Waals surface area contributed by atoms with Crippen molar-refractivity contribution in [2.45, 2.75) is 29.1 Å². The maximum absolute atomic E-state index is 12.7. The van der Waals surface area contributed by atoms with Gasteiger partial charge in [0.25, 0.3) is 0 Å². The van der Waals surface area contributed by atoms with Crippen LogP contribution in [0.25, 0.3) is 0 Å². The van der Waals surface area contributed by atoms with Gasteiger partial charge in [-0.05, 0) is 42.0 Å². The molecule has 2 aromatic rings. The minimum atomic E-state index is -3.48. The summed E-state index contributed by atoms with van der Waals surface area (Å²) in [6.45, 7) is 1.77. The summed E-state index contributed by atoms with van der Waals surface area (Å²) in [5, 5.41) is 5.38. The quantitative estimate of drug-likeness (QED) is 0.764. The smallest absolute Gasteiger partial charge is 0.241 e. The monoisotopic (exact) mass is 425 g/mol. The summed E-state index contributed by atoms with van der Waals surface area (Å²) >= 11 is 7.17. The zero-order valence-electron chi connectivity index (χ0n) is 14.6. The lowest BCUT2D eigenvalue weighted by molar-refractivity contribution is -0.128. The largest absolute Gasteiger partial charge is 0.592 e. The number of rotatable bonds is 4. The minimum Gasteiger partial charge on any atom is -0.592 e. The molecule has 0 bridgehead atoms. The molecule has 3 heterocycles. The number of nitrogens with zero attached hydrogens (tertiary/aromatic N) is 2. The second-order valence-electron chi connectivity index (χ2n) is 6.86. The number of hydrogen-bond acceptors (Lipinski definition) is 5. The fourth-order valence-electron chi connectivity index (χ4n) is 3.82. The van der Waals surface area contributed by atoms with Crippen molar-refractivity contribution in [3.63, 3.8) is 0 Å². The van der Waals surface area contributed by atoms with Crippen LogP contribution in [0.15, 0.2) is 46.0 Å². The highest BCUT2D eigenvalue weighted by atomic mass is 35.5. The van der Waals surface area contributed by atoms with E-state index in [0.717, 1.165) is 5.56 Å². The van der Waals surface area contributed by atoms with E-state index in [1.165, 1.54) is 15.6 Å². The number of carbonyl (C=O) groups is 1. The van der Waals surface area contributed by atoms with Crippen molar-refractivity contribution in [2.75, 3.05) is 19.8 Å². The summed E-state index contributed by atoms with van der Waals surface area (Å²) in [5.74, 6) is -0.00960. The molecule has 1 unspecified atom stereocenters. The predicted octanol–water partition coefficient (Wildman–Crippen LogP) is 2.73. The van der Waals surface area contributed by atoms with E-state index in [1.807, 2.05) is 24.3 Å². The third-order valence-electron chi connectivity index (χ3n) is 5.38. The Kier molecular flexibility index (Phi) is 5.13. The molecule has 0 aliphatic carbocycles. The van der Waals surface area contributed by atoms with E-state index in [1.54, 1.807) is 17.5 Å². The SMILES string of the molecule is O=C1NCN(Cc2ccc(Cl)cc2)C12CCN([S+](=O)([O-])c1cccs1)CC2. The Morgan fingerprint density at radius 1 is 1.22 bits per heavy atom. The Hall–Kier alpha value is -1.29. The first-order chi connectivity index (χ1) is 12.9. The van der Waals surface area contributed by atoms with Crippen molar-refractivity contribution in [1.82, 2.24) is 14.5 Å². The van der Waals surface area contributed by atoms with Gasteiger partial charge < -0.3 is 9.87 Å². The molecule has 27 heavy (non-hydrogen) atoms. The van der Waals surface area contributed by atoms with Gasteiger partial charge in [0.15, 0.2) is 10.4 Å². The standard InChI is InChI=1S/C18H20ClN3O3S2/c19-15-5-3-14(4-6-15)12-21-13-20-17(23)18(21)7-9-22(10-8-18)27(24,25)16-2-1-11-26-16/h1-6,11H,7-10,12-13H2,(H-,20,23,24,25). The Labute approximate surface area is 168 Å². The molecular formula is C18H20ClN3O3S2. The van der Waals surface area contributed by atoms with Gasteiger partial charge in [-0.25, -0.2) is 0 Å². The molecule has 6 nitrogen and oxygen atoms in total. The molecule has 2 aliphatic heterocycles. The molecule has 1 atom stereocenters. The third-order valence-corrected chi connectivity index (χ3v) is 8.91. The van der Waals surface area contributed by atoms with E-state index in [2.05, 4.69) is 10.2 Å². The van der Waals surface area contributed by atoms with Gasteiger partial charge in [0, 0.05) is 30.7 Å². The van der Waals surface area contributed by atoms with Crippen LogP contribution in [0.3, 0.4) is 0 Å². The van der Waals surface area contributed by atoms with Gasteiger partial charge >= 0.3 is 0 Å². The average molecular weight is 426 g/mol. The van der Waals surface area contributed by atoms with Crippen molar-refractivity contribution in [2.24, 2.45) is 0 Å². The molecule has 1 aromatic carbocycles. The summed E-state index contributed by atoms with van der Waals surface area (Å²) in [7, 11) is -3.48. The van der Waals surface area contributed by atoms with Gasteiger partial charge in [-0.3, -0.25) is 9.69 Å². The van der Waals surface area contributed by atoms with Crippen LogP contribution in [0.1, 0.15) is 18.4 Å². The van der Waals surface area contributed by atoms with Crippen molar-refractivity contribution in [3.05, 3.63) is 52.4 Å². The van der Waals surface area contributed by atoms with E-state index < -0.39 is 15.9 Å². The van der Waals surface area contributed by atoms with Crippen molar-refractivity contribution >= 4 is 39.2 Å². The van der Waals surface area contributed by atoms with Crippen LogP contribution in [0, 0.1) is 0 Å². The van der Waals surface area contributed by atoms with Crippen LogP contribution < -0.4 is 5.32 Å². The molecule has 9 heteroatoms. The second kappa shape index (κ2) is 7.27. The van der Waals surface area contributed by atoms with E-state index >= 15 is 0 Å². The highest BCUT2D eigenvalue weighted by molar-refractivity contribution is 7.97. The number of hydrogen-bond donors (Lipinski definition) is 1. The number of nitrogens with one attached hydrogen (secondary N) is 1. The summed E-state index contributed by atoms with van der Waals surface area (Å²) < 4.78 is 27.3. The summed E-state index contributed by atoms with van der Waals surface area (Å²) in [6, 6.07) is 10.9. The van der Waals surface area contributed by atoms with Crippen LogP contribution in [0.5, 0.6) is 0 Å². The zero-order valence-corrected chi connectivity index (χ0v) is 17.0. The molecule has 1 spiro atoms. The van der Waals surface area contributed by atoms with Crippen molar-refractivity contribution < 1.29 is 13.6 Å². The Bertz CT molecular complexity index is 864. The number of halogens is 1. The van der Waals surface area contributed by atoms with Crippen molar-refractivity contribution in [3.8, 4) is 0 Å². The Morgan fingerprint density at radius 3 is 2.56 bits per heavy atom. The lowest BCUT2D eigenvalue weighted by atomic mass is 9.86. The molecule has 2 aliphatic rings. The van der Waals surface area contributed by atoms with E-state index in [-0.39, 0.29) is 5.91 Å². The molecule has 2 saturated heterocycles.